The highest BCUT2D eigenvalue weighted by Gasteiger charge is 2.27. The van der Waals surface area contributed by atoms with Crippen molar-refractivity contribution in [2.45, 2.75) is 70.8 Å². The van der Waals surface area contributed by atoms with Crippen molar-refractivity contribution in [2.75, 3.05) is 6.54 Å². The average Bonchev–Trinajstić information content (AvgIpc) is 2.58. The van der Waals surface area contributed by atoms with Crippen molar-refractivity contribution in [3.8, 4) is 0 Å². The summed E-state index contributed by atoms with van der Waals surface area (Å²) in [5.41, 5.74) is 0. The lowest BCUT2D eigenvalue weighted by Gasteiger charge is -2.34. The third-order valence-electron chi connectivity index (χ3n) is 4.57. The highest BCUT2D eigenvalue weighted by atomic mass is 14.9. The summed E-state index contributed by atoms with van der Waals surface area (Å²) in [5.74, 6) is 2.04. The zero-order valence-electron chi connectivity index (χ0n) is 10.3. The maximum atomic E-state index is 3.80. The molecule has 3 unspecified atom stereocenters. The molecule has 1 nitrogen and oxygen atoms in total. The van der Waals surface area contributed by atoms with Crippen LogP contribution in [0, 0.1) is 11.8 Å². The Morgan fingerprint density at radius 3 is 2.80 bits per heavy atom. The Labute approximate surface area is 95.0 Å². The fourth-order valence-corrected chi connectivity index (χ4v) is 3.53. The molecule has 1 saturated carbocycles. The van der Waals surface area contributed by atoms with Crippen LogP contribution in [0.1, 0.15) is 64.7 Å². The van der Waals surface area contributed by atoms with E-state index in [4.69, 9.17) is 0 Å². The van der Waals surface area contributed by atoms with E-state index >= 15 is 0 Å². The van der Waals surface area contributed by atoms with Gasteiger partial charge in [-0.1, -0.05) is 39.0 Å². The minimum Gasteiger partial charge on any atom is -0.314 e. The SMILES string of the molecule is CCC1CCCC(C2CCCCCN2)C1. The van der Waals surface area contributed by atoms with Crippen molar-refractivity contribution in [3.63, 3.8) is 0 Å². The predicted molar refractivity (Wildman–Crippen MR) is 66.0 cm³/mol. The Bertz CT molecular complexity index is 170. The van der Waals surface area contributed by atoms with Crippen LogP contribution < -0.4 is 5.32 Å². The Morgan fingerprint density at radius 2 is 1.93 bits per heavy atom. The van der Waals surface area contributed by atoms with Gasteiger partial charge in [-0.2, -0.15) is 0 Å². The molecule has 2 rings (SSSR count). The molecule has 0 aromatic heterocycles. The van der Waals surface area contributed by atoms with Gasteiger partial charge in [-0.05, 0) is 44.1 Å². The summed E-state index contributed by atoms with van der Waals surface area (Å²) in [4.78, 5) is 0. The normalized spacial score (nSPS) is 38.6. The molecule has 0 bridgehead atoms. The molecule has 1 heterocycles. The van der Waals surface area contributed by atoms with Gasteiger partial charge in [0.1, 0.15) is 0 Å². The van der Waals surface area contributed by atoms with Gasteiger partial charge in [-0.25, -0.2) is 0 Å². The van der Waals surface area contributed by atoms with Gasteiger partial charge in [-0.15, -0.1) is 0 Å². The third kappa shape index (κ3) is 3.21. The van der Waals surface area contributed by atoms with E-state index in [0.717, 1.165) is 17.9 Å². The Balaban J connectivity index is 1.84. The molecular formula is C14H27N. The lowest BCUT2D eigenvalue weighted by atomic mass is 9.76. The number of rotatable bonds is 2. The number of hydrogen-bond donors (Lipinski definition) is 1. The van der Waals surface area contributed by atoms with E-state index in [-0.39, 0.29) is 0 Å². The highest BCUT2D eigenvalue weighted by molar-refractivity contribution is 4.83. The van der Waals surface area contributed by atoms with E-state index in [1.54, 1.807) is 0 Å². The van der Waals surface area contributed by atoms with E-state index in [0.29, 0.717) is 0 Å². The van der Waals surface area contributed by atoms with Crippen molar-refractivity contribution < 1.29 is 0 Å². The van der Waals surface area contributed by atoms with Gasteiger partial charge < -0.3 is 5.32 Å². The fraction of sp³-hybridized carbons (Fsp3) is 1.00. The van der Waals surface area contributed by atoms with Gasteiger partial charge in [0, 0.05) is 6.04 Å². The number of hydrogen-bond acceptors (Lipinski definition) is 1. The van der Waals surface area contributed by atoms with Gasteiger partial charge >= 0.3 is 0 Å². The van der Waals surface area contributed by atoms with Gasteiger partial charge in [-0.3, -0.25) is 0 Å². The first-order chi connectivity index (χ1) is 7.40. The molecule has 0 aromatic carbocycles. The summed E-state index contributed by atoms with van der Waals surface area (Å²) in [5, 5.41) is 3.80. The molecule has 1 heteroatoms. The first-order valence-corrected chi connectivity index (χ1v) is 7.13. The summed E-state index contributed by atoms with van der Waals surface area (Å²) in [6, 6.07) is 0.863. The summed E-state index contributed by atoms with van der Waals surface area (Å²) < 4.78 is 0. The molecule has 0 aromatic rings. The van der Waals surface area contributed by atoms with Crippen LogP contribution in [0.25, 0.3) is 0 Å². The first kappa shape index (κ1) is 11.4. The quantitative estimate of drug-likeness (QED) is 0.730. The molecule has 3 atom stereocenters. The van der Waals surface area contributed by atoms with Gasteiger partial charge in [0.05, 0.1) is 0 Å². The second-order valence-electron chi connectivity index (χ2n) is 5.61. The maximum Gasteiger partial charge on any atom is 0.00954 e. The van der Waals surface area contributed by atoms with Crippen LogP contribution in [0.2, 0.25) is 0 Å². The van der Waals surface area contributed by atoms with Crippen molar-refractivity contribution in [3.05, 3.63) is 0 Å². The van der Waals surface area contributed by atoms with Crippen LogP contribution in [0.15, 0.2) is 0 Å². The minimum atomic E-state index is 0.863. The first-order valence-electron chi connectivity index (χ1n) is 7.13. The van der Waals surface area contributed by atoms with Crippen molar-refractivity contribution in [1.82, 2.24) is 5.32 Å². The second-order valence-corrected chi connectivity index (χ2v) is 5.61. The Morgan fingerprint density at radius 1 is 1.00 bits per heavy atom. The lowest BCUT2D eigenvalue weighted by Crippen LogP contribution is -2.38. The van der Waals surface area contributed by atoms with Crippen LogP contribution in [0.4, 0.5) is 0 Å². The van der Waals surface area contributed by atoms with Crippen LogP contribution in [-0.4, -0.2) is 12.6 Å². The second kappa shape index (κ2) is 5.89. The molecule has 15 heavy (non-hydrogen) atoms. The zero-order valence-corrected chi connectivity index (χ0v) is 10.3. The molecule has 2 fully saturated rings. The smallest absolute Gasteiger partial charge is 0.00954 e. The summed E-state index contributed by atoms with van der Waals surface area (Å²) in [7, 11) is 0. The fourth-order valence-electron chi connectivity index (χ4n) is 3.53. The van der Waals surface area contributed by atoms with E-state index in [9.17, 15) is 0 Å². The Kier molecular flexibility index (Phi) is 4.49. The van der Waals surface area contributed by atoms with E-state index < -0.39 is 0 Å². The van der Waals surface area contributed by atoms with E-state index in [1.165, 1.54) is 64.3 Å². The van der Waals surface area contributed by atoms with E-state index in [1.807, 2.05) is 0 Å². The summed E-state index contributed by atoms with van der Waals surface area (Å²) in [6.07, 6.45) is 13.2. The van der Waals surface area contributed by atoms with Crippen LogP contribution in [-0.2, 0) is 0 Å². The zero-order chi connectivity index (χ0) is 10.5. The maximum absolute atomic E-state index is 3.80. The lowest BCUT2D eigenvalue weighted by molar-refractivity contribution is 0.205. The van der Waals surface area contributed by atoms with Crippen LogP contribution in [0.3, 0.4) is 0 Å². The molecule has 0 amide bonds. The van der Waals surface area contributed by atoms with Crippen molar-refractivity contribution >= 4 is 0 Å². The molecule has 0 spiro atoms. The standard InChI is InChI=1S/C14H27N/c1-2-12-7-6-8-13(11-12)14-9-4-3-5-10-15-14/h12-15H,2-11H2,1H3. The van der Waals surface area contributed by atoms with E-state index in [2.05, 4.69) is 12.2 Å². The van der Waals surface area contributed by atoms with Gasteiger partial charge in [0.2, 0.25) is 0 Å². The molecule has 1 aliphatic carbocycles. The minimum absolute atomic E-state index is 0.863. The van der Waals surface area contributed by atoms with Gasteiger partial charge in [0.25, 0.3) is 0 Å². The molecule has 88 valence electrons. The average molecular weight is 209 g/mol. The topological polar surface area (TPSA) is 12.0 Å². The summed E-state index contributed by atoms with van der Waals surface area (Å²) in [6.45, 7) is 3.64. The molecule has 1 aliphatic heterocycles. The summed E-state index contributed by atoms with van der Waals surface area (Å²) >= 11 is 0. The van der Waals surface area contributed by atoms with Crippen LogP contribution >= 0.6 is 0 Å². The monoisotopic (exact) mass is 209 g/mol. The molecule has 1 saturated heterocycles. The van der Waals surface area contributed by atoms with Crippen molar-refractivity contribution in [1.29, 1.82) is 0 Å². The van der Waals surface area contributed by atoms with Gasteiger partial charge in [0.15, 0.2) is 0 Å². The largest absolute Gasteiger partial charge is 0.314 e. The predicted octanol–water partition coefficient (Wildman–Crippen LogP) is 3.74. The molecular weight excluding hydrogens is 182 g/mol. The molecule has 1 N–H and O–H groups in total. The molecule has 2 aliphatic rings. The molecule has 0 radical (unpaired) electrons. The highest BCUT2D eigenvalue weighted by Crippen LogP contribution is 2.34. The van der Waals surface area contributed by atoms with Crippen LogP contribution in [0.5, 0.6) is 0 Å². The third-order valence-corrected chi connectivity index (χ3v) is 4.57. The number of nitrogens with one attached hydrogen (secondary N) is 1. The Hall–Kier alpha value is -0.0400. The van der Waals surface area contributed by atoms with Crippen molar-refractivity contribution in [2.24, 2.45) is 11.8 Å².